The molecule has 0 radical (unpaired) electrons. The summed E-state index contributed by atoms with van der Waals surface area (Å²) in [6.45, 7) is 6.44. The van der Waals surface area contributed by atoms with E-state index < -0.39 is 0 Å². The van der Waals surface area contributed by atoms with Gasteiger partial charge in [-0.05, 0) is 57.8 Å². The van der Waals surface area contributed by atoms with Crippen LogP contribution in [0.25, 0.3) is 0 Å². The van der Waals surface area contributed by atoms with Crippen LogP contribution in [-0.2, 0) is 16.0 Å². The molecule has 3 aliphatic heterocycles. The second kappa shape index (κ2) is 12.8. The Morgan fingerprint density at radius 2 is 1.94 bits per heavy atom. The van der Waals surface area contributed by atoms with Gasteiger partial charge >= 0.3 is 0 Å². The van der Waals surface area contributed by atoms with Crippen LogP contribution < -0.4 is 5.32 Å². The van der Waals surface area contributed by atoms with E-state index in [1.54, 1.807) is 6.26 Å². The Morgan fingerprint density at radius 3 is 2.59 bits per heavy atom. The van der Waals surface area contributed by atoms with Crippen molar-refractivity contribution in [3.63, 3.8) is 0 Å². The number of likely N-dealkylation sites (N-methyl/N-ethyl adjacent to an activating group) is 1. The van der Waals surface area contributed by atoms with Crippen LogP contribution >= 0.6 is 24.0 Å². The molecule has 3 fully saturated rings. The average molecular weight is 559 g/mol. The van der Waals surface area contributed by atoms with Crippen molar-refractivity contribution in [1.82, 2.24) is 20.0 Å². The number of nitrogens with one attached hydrogen (secondary N) is 1. The van der Waals surface area contributed by atoms with Gasteiger partial charge in [-0.25, -0.2) is 0 Å². The van der Waals surface area contributed by atoms with Crippen LogP contribution in [0, 0.1) is 0 Å². The summed E-state index contributed by atoms with van der Waals surface area (Å²) < 4.78 is 11.3. The van der Waals surface area contributed by atoms with Crippen LogP contribution in [0.4, 0.5) is 0 Å². The summed E-state index contributed by atoms with van der Waals surface area (Å²) in [6.07, 6.45) is 8.31. The molecule has 3 saturated heterocycles. The van der Waals surface area contributed by atoms with E-state index >= 15 is 0 Å². The Labute approximate surface area is 208 Å². The molecule has 4 rings (SSSR count). The van der Waals surface area contributed by atoms with Crippen LogP contribution in [0.3, 0.4) is 0 Å². The molecule has 2 atom stereocenters. The summed E-state index contributed by atoms with van der Waals surface area (Å²) in [7, 11) is 2.06. The van der Waals surface area contributed by atoms with Gasteiger partial charge in [-0.15, -0.1) is 24.0 Å². The Morgan fingerprint density at radius 1 is 1.12 bits per heavy atom. The van der Waals surface area contributed by atoms with Gasteiger partial charge in [0, 0.05) is 45.8 Å². The Bertz CT molecular complexity index is 715. The number of piperazine rings is 1. The maximum absolute atomic E-state index is 12.9. The fourth-order valence-electron chi connectivity index (χ4n) is 4.73. The maximum atomic E-state index is 12.9. The van der Waals surface area contributed by atoms with Gasteiger partial charge in [-0.2, -0.15) is 0 Å². The van der Waals surface area contributed by atoms with Crippen LogP contribution in [0.5, 0.6) is 0 Å². The lowest BCUT2D eigenvalue weighted by Crippen LogP contribution is -2.56. The van der Waals surface area contributed by atoms with Crippen LogP contribution in [0.2, 0.25) is 0 Å². The lowest BCUT2D eigenvalue weighted by atomic mass is 10.1. The van der Waals surface area contributed by atoms with E-state index in [1.165, 1.54) is 6.42 Å². The lowest BCUT2D eigenvalue weighted by molar-refractivity contribution is -0.136. The lowest BCUT2D eigenvalue weighted by Gasteiger charge is -2.38. The van der Waals surface area contributed by atoms with Crippen molar-refractivity contribution in [3.05, 3.63) is 24.2 Å². The van der Waals surface area contributed by atoms with Crippen molar-refractivity contribution in [2.24, 2.45) is 4.99 Å². The first-order chi connectivity index (χ1) is 15.2. The number of ether oxygens (including phenoxy) is 1. The minimum atomic E-state index is 0. The molecule has 1 aromatic heterocycles. The highest BCUT2D eigenvalue weighted by molar-refractivity contribution is 14.0. The van der Waals surface area contributed by atoms with Gasteiger partial charge in [-0.1, -0.05) is 0 Å². The molecule has 0 aliphatic carbocycles. The first-order valence-electron chi connectivity index (χ1n) is 11.9. The van der Waals surface area contributed by atoms with Gasteiger partial charge < -0.3 is 24.3 Å². The molecule has 3 aliphatic rings. The van der Waals surface area contributed by atoms with E-state index in [1.807, 2.05) is 17.0 Å². The molecule has 0 bridgehead atoms. The first kappa shape index (κ1) is 25.3. The van der Waals surface area contributed by atoms with E-state index in [9.17, 15) is 4.79 Å². The second-order valence-corrected chi connectivity index (χ2v) is 8.86. The third-order valence-electron chi connectivity index (χ3n) is 6.65. The monoisotopic (exact) mass is 559 g/mol. The number of likely N-dealkylation sites (tertiary alicyclic amines) is 1. The SMILES string of the molecule is CN1CCCC1C(=O)N1CCN(C(=NCC2CCCCO2)NCCc2ccco2)CC1.I. The predicted molar refractivity (Wildman–Crippen MR) is 136 cm³/mol. The third-order valence-corrected chi connectivity index (χ3v) is 6.65. The van der Waals surface area contributed by atoms with Crippen LogP contribution in [0.1, 0.15) is 37.9 Å². The molecule has 9 heteroatoms. The number of rotatable bonds is 6. The zero-order valence-corrected chi connectivity index (χ0v) is 21.5. The fourth-order valence-corrected chi connectivity index (χ4v) is 4.73. The number of halogens is 1. The normalized spacial score (nSPS) is 25.0. The molecule has 1 N–H and O–H groups in total. The number of hydrogen-bond donors (Lipinski definition) is 1. The number of amides is 1. The van der Waals surface area contributed by atoms with E-state index in [4.69, 9.17) is 14.1 Å². The van der Waals surface area contributed by atoms with E-state index in [0.29, 0.717) is 12.5 Å². The van der Waals surface area contributed by atoms with Crippen molar-refractivity contribution in [2.45, 2.75) is 50.7 Å². The number of carbonyl (C=O) groups is 1. The molecule has 180 valence electrons. The van der Waals surface area contributed by atoms with E-state index in [2.05, 4.69) is 22.2 Å². The summed E-state index contributed by atoms with van der Waals surface area (Å²) >= 11 is 0. The van der Waals surface area contributed by atoms with Crippen molar-refractivity contribution in [3.8, 4) is 0 Å². The summed E-state index contributed by atoms with van der Waals surface area (Å²) in [5.74, 6) is 2.18. The highest BCUT2D eigenvalue weighted by atomic mass is 127. The zero-order valence-electron chi connectivity index (χ0n) is 19.2. The molecule has 32 heavy (non-hydrogen) atoms. The number of aliphatic imine (C=N–C) groups is 1. The molecule has 0 spiro atoms. The molecule has 0 aromatic carbocycles. The summed E-state index contributed by atoms with van der Waals surface area (Å²) in [5.41, 5.74) is 0. The van der Waals surface area contributed by atoms with Gasteiger partial charge in [0.1, 0.15) is 5.76 Å². The number of furan rings is 1. The smallest absolute Gasteiger partial charge is 0.240 e. The third kappa shape index (κ3) is 6.84. The number of nitrogens with zero attached hydrogens (tertiary/aromatic N) is 4. The molecule has 4 heterocycles. The topological polar surface area (TPSA) is 73.6 Å². The Kier molecular flexibility index (Phi) is 10.1. The number of guanidine groups is 1. The molecule has 8 nitrogen and oxygen atoms in total. The number of hydrogen-bond acceptors (Lipinski definition) is 5. The second-order valence-electron chi connectivity index (χ2n) is 8.86. The summed E-state index contributed by atoms with van der Waals surface area (Å²) in [5, 5.41) is 3.52. The minimum absolute atomic E-state index is 0. The van der Waals surface area contributed by atoms with Crippen molar-refractivity contribution in [2.75, 3.05) is 59.5 Å². The standard InChI is InChI=1S/C23H37N5O3.HI/c1-26-11-4-8-21(26)22(29)27-12-14-28(15-13-27)23(24-10-9-19-7-5-17-30-19)25-18-20-6-2-3-16-31-20;/h5,7,17,20-21H,2-4,6,8-16,18H2,1H3,(H,24,25);1H. The van der Waals surface area contributed by atoms with E-state index in [0.717, 1.165) is 89.7 Å². The van der Waals surface area contributed by atoms with Gasteiger partial charge in [0.15, 0.2) is 5.96 Å². The van der Waals surface area contributed by atoms with Crippen molar-refractivity contribution in [1.29, 1.82) is 0 Å². The van der Waals surface area contributed by atoms with Gasteiger partial charge in [0.25, 0.3) is 0 Å². The Balaban J connectivity index is 0.00000289. The highest BCUT2D eigenvalue weighted by Gasteiger charge is 2.33. The van der Waals surface area contributed by atoms with Crippen molar-refractivity contribution < 1.29 is 13.9 Å². The van der Waals surface area contributed by atoms with Crippen molar-refractivity contribution >= 4 is 35.8 Å². The number of carbonyl (C=O) groups excluding carboxylic acids is 1. The minimum Gasteiger partial charge on any atom is -0.469 e. The van der Waals surface area contributed by atoms with Gasteiger partial charge in [-0.3, -0.25) is 14.7 Å². The maximum Gasteiger partial charge on any atom is 0.240 e. The largest absolute Gasteiger partial charge is 0.469 e. The first-order valence-corrected chi connectivity index (χ1v) is 11.9. The molecule has 2 unspecified atom stereocenters. The van der Waals surface area contributed by atoms with Gasteiger partial charge in [0.2, 0.25) is 5.91 Å². The van der Waals surface area contributed by atoms with Gasteiger partial charge in [0.05, 0.1) is 25.0 Å². The van der Waals surface area contributed by atoms with Crippen LogP contribution in [-0.4, -0.2) is 98.2 Å². The molecule has 1 aromatic rings. The summed E-state index contributed by atoms with van der Waals surface area (Å²) in [6, 6.07) is 3.98. The average Bonchev–Trinajstić information content (AvgIpc) is 3.48. The summed E-state index contributed by atoms with van der Waals surface area (Å²) in [4.78, 5) is 24.3. The van der Waals surface area contributed by atoms with E-state index in [-0.39, 0.29) is 36.1 Å². The molecule has 1 amide bonds. The fraction of sp³-hybridized carbons (Fsp3) is 0.739. The predicted octanol–water partition coefficient (Wildman–Crippen LogP) is 2.19. The van der Waals surface area contributed by atoms with Crippen LogP contribution in [0.15, 0.2) is 27.8 Å². The zero-order chi connectivity index (χ0) is 21.5. The molecular formula is C23H38IN5O3. The molecular weight excluding hydrogens is 521 g/mol. The molecule has 0 saturated carbocycles. The highest BCUT2D eigenvalue weighted by Crippen LogP contribution is 2.18. The quantitative estimate of drug-likeness (QED) is 0.328. The Hall–Kier alpha value is -1.33.